The standard InChI is InChI=1S/C45H76O3/c1-7-8-9-10-11-12-13-14-15-16-17-18-19-20-21-25-43(47)48-42-33-37(46)32-36-26-27-38-40-29-28-39(35(4)24-22-23-34(2)3)44(40,5)31-30-41(38)45(36,42)6/h14-15,26,33-35,37-41,46H,7-13,16-25,27-32H2,1-6H3/b15-14+/t35-,37+,38+,39-,40+,41+,44-,45+/m1/s1. The number of rotatable bonds is 21. The summed E-state index contributed by atoms with van der Waals surface area (Å²) in [6, 6.07) is 0. The van der Waals surface area contributed by atoms with E-state index in [1.165, 1.54) is 121 Å². The van der Waals surface area contributed by atoms with Crippen LogP contribution >= 0.6 is 0 Å². The predicted octanol–water partition coefficient (Wildman–Crippen LogP) is 13.1. The highest BCUT2D eigenvalue weighted by molar-refractivity contribution is 5.71. The Labute approximate surface area is 297 Å². The molecule has 2 saturated carbocycles. The first-order valence-electron chi connectivity index (χ1n) is 21.1. The SMILES string of the molecule is CCCCCCCC/C=C/CCCCCCCC(=O)OC1=C[C@@H](O)CC2=CC[C@@H]3[C@H](CC[C@]4(C)[C@@H]([C@H](C)CCCC(C)C)CC[C@@H]34)[C@]21C. The predicted molar refractivity (Wildman–Crippen MR) is 203 cm³/mol. The second-order valence-corrected chi connectivity index (χ2v) is 17.7. The Morgan fingerprint density at radius 2 is 1.54 bits per heavy atom. The molecular weight excluding hydrogens is 588 g/mol. The Balaban J connectivity index is 1.22. The summed E-state index contributed by atoms with van der Waals surface area (Å²) in [5.41, 5.74) is 1.49. The summed E-state index contributed by atoms with van der Waals surface area (Å²) in [6.07, 6.45) is 36.5. The number of aliphatic hydroxyl groups excluding tert-OH is 1. The highest BCUT2D eigenvalue weighted by atomic mass is 16.5. The molecule has 48 heavy (non-hydrogen) atoms. The van der Waals surface area contributed by atoms with Gasteiger partial charge in [-0.2, -0.15) is 0 Å². The van der Waals surface area contributed by atoms with Gasteiger partial charge < -0.3 is 9.84 Å². The lowest BCUT2D eigenvalue weighted by Crippen LogP contribution is -2.51. The molecule has 8 atom stereocenters. The topological polar surface area (TPSA) is 46.5 Å². The lowest BCUT2D eigenvalue weighted by atomic mass is 9.47. The fraction of sp³-hybridized carbons (Fsp3) is 0.844. The summed E-state index contributed by atoms with van der Waals surface area (Å²) in [5.74, 6) is 5.00. The van der Waals surface area contributed by atoms with Gasteiger partial charge in [0.05, 0.1) is 6.10 Å². The summed E-state index contributed by atoms with van der Waals surface area (Å²) < 4.78 is 6.27. The van der Waals surface area contributed by atoms with Gasteiger partial charge in [-0.3, -0.25) is 4.79 Å². The minimum absolute atomic E-state index is 0.104. The summed E-state index contributed by atoms with van der Waals surface area (Å²) in [4.78, 5) is 13.2. The molecule has 0 radical (unpaired) electrons. The third-order valence-electron chi connectivity index (χ3n) is 13.8. The van der Waals surface area contributed by atoms with Gasteiger partial charge in [0.2, 0.25) is 0 Å². The number of carbonyl (C=O) groups is 1. The molecule has 4 aliphatic carbocycles. The van der Waals surface area contributed by atoms with Crippen molar-refractivity contribution in [3.8, 4) is 0 Å². The molecule has 4 aliphatic rings. The first-order chi connectivity index (χ1) is 23.1. The largest absolute Gasteiger partial charge is 0.430 e. The molecule has 2 fully saturated rings. The molecule has 0 saturated heterocycles. The van der Waals surface area contributed by atoms with Crippen molar-refractivity contribution in [2.75, 3.05) is 0 Å². The number of esters is 1. The van der Waals surface area contributed by atoms with Gasteiger partial charge >= 0.3 is 5.97 Å². The van der Waals surface area contributed by atoms with Gasteiger partial charge in [0.25, 0.3) is 0 Å². The van der Waals surface area contributed by atoms with Crippen LogP contribution in [-0.4, -0.2) is 17.2 Å². The normalized spacial score (nSPS) is 32.0. The smallest absolute Gasteiger partial charge is 0.310 e. The third kappa shape index (κ3) is 10.1. The first-order valence-corrected chi connectivity index (χ1v) is 21.1. The number of hydrogen-bond acceptors (Lipinski definition) is 3. The second-order valence-electron chi connectivity index (χ2n) is 17.7. The summed E-state index contributed by atoms with van der Waals surface area (Å²) in [5, 5.41) is 10.8. The van der Waals surface area contributed by atoms with Gasteiger partial charge in [0.1, 0.15) is 5.76 Å². The number of carbonyl (C=O) groups excluding carboxylic acids is 1. The van der Waals surface area contributed by atoms with E-state index in [1.54, 1.807) is 0 Å². The zero-order valence-electron chi connectivity index (χ0n) is 32.4. The van der Waals surface area contributed by atoms with Crippen LogP contribution in [0.5, 0.6) is 0 Å². The van der Waals surface area contributed by atoms with Crippen molar-refractivity contribution in [1.82, 2.24) is 0 Å². The van der Waals surface area contributed by atoms with Crippen LogP contribution in [0.1, 0.15) is 189 Å². The third-order valence-corrected chi connectivity index (χ3v) is 13.8. The Kier molecular flexibility index (Phi) is 15.9. The van der Waals surface area contributed by atoms with Crippen LogP contribution in [0, 0.1) is 46.3 Å². The molecular formula is C45H76O3. The van der Waals surface area contributed by atoms with Crippen LogP contribution in [-0.2, 0) is 9.53 Å². The zero-order chi connectivity index (χ0) is 34.6. The molecule has 3 heteroatoms. The molecule has 0 bridgehead atoms. The fourth-order valence-corrected chi connectivity index (χ4v) is 11.0. The van der Waals surface area contributed by atoms with Crippen LogP contribution in [0.3, 0.4) is 0 Å². The van der Waals surface area contributed by atoms with Crippen LogP contribution < -0.4 is 0 Å². The van der Waals surface area contributed by atoms with Crippen molar-refractivity contribution >= 4 is 5.97 Å². The van der Waals surface area contributed by atoms with Crippen LogP contribution in [0.25, 0.3) is 0 Å². The van der Waals surface area contributed by atoms with Gasteiger partial charge in [-0.05, 0) is 125 Å². The first kappa shape index (κ1) is 39.4. The van der Waals surface area contributed by atoms with E-state index in [-0.39, 0.29) is 11.4 Å². The molecule has 0 aromatic rings. The number of aliphatic hydroxyl groups is 1. The summed E-state index contributed by atoms with van der Waals surface area (Å²) >= 11 is 0. The van der Waals surface area contributed by atoms with E-state index in [0.717, 1.165) is 48.7 Å². The van der Waals surface area contributed by atoms with Gasteiger partial charge in [-0.1, -0.05) is 129 Å². The molecule has 3 nitrogen and oxygen atoms in total. The summed E-state index contributed by atoms with van der Waals surface area (Å²) in [7, 11) is 0. The van der Waals surface area contributed by atoms with Crippen molar-refractivity contribution in [3.05, 3.63) is 35.6 Å². The van der Waals surface area contributed by atoms with E-state index in [9.17, 15) is 9.90 Å². The van der Waals surface area contributed by atoms with Crippen LogP contribution in [0.2, 0.25) is 0 Å². The maximum absolute atomic E-state index is 13.2. The van der Waals surface area contributed by atoms with E-state index in [0.29, 0.717) is 30.1 Å². The van der Waals surface area contributed by atoms with Gasteiger partial charge in [0.15, 0.2) is 0 Å². The van der Waals surface area contributed by atoms with Crippen LogP contribution in [0.4, 0.5) is 0 Å². The Morgan fingerprint density at radius 1 is 0.875 bits per heavy atom. The van der Waals surface area contributed by atoms with Crippen LogP contribution in [0.15, 0.2) is 35.6 Å². The van der Waals surface area contributed by atoms with E-state index < -0.39 is 6.10 Å². The van der Waals surface area contributed by atoms with E-state index in [1.807, 2.05) is 6.08 Å². The van der Waals surface area contributed by atoms with Gasteiger partial charge in [-0.25, -0.2) is 0 Å². The highest BCUT2D eigenvalue weighted by Crippen LogP contribution is 2.67. The minimum Gasteiger partial charge on any atom is -0.430 e. The number of unbranched alkanes of at least 4 members (excludes halogenated alkanes) is 11. The molecule has 0 aliphatic heterocycles. The van der Waals surface area contributed by atoms with Crippen molar-refractivity contribution in [1.29, 1.82) is 0 Å². The molecule has 274 valence electrons. The average Bonchev–Trinajstić information content (AvgIpc) is 3.40. The molecule has 0 amide bonds. The molecule has 0 aromatic carbocycles. The molecule has 0 heterocycles. The zero-order valence-corrected chi connectivity index (χ0v) is 32.4. The Bertz CT molecular complexity index is 1070. The Hall–Kier alpha value is -1.35. The number of allylic oxidation sites excluding steroid dienone is 4. The molecule has 0 unspecified atom stereocenters. The maximum Gasteiger partial charge on any atom is 0.310 e. The molecule has 0 aromatic heterocycles. The van der Waals surface area contributed by atoms with E-state index in [2.05, 4.69) is 59.8 Å². The van der Waals surface area contributed by atoms with Crippen molar-refractivity contribution in [3.63, 3.8) is 0 Å². The highest BCUT2D eigenvalue weighted by Gasteiger charge is 2.60. The van der Waals surface area contributed by atoms with Gasteiger partial charge in [0, 0.05) is 11.8 Å². The lowest BCUT2D eigenvalue weighted by Gasteiger charge is -2.58. The lowest BCUT2D eigenvalue weighted by molar-refractivity contribution is -0.143. The van der Waals surface area contributed by atoms with Gasteiger partial charge in [-0.15, -0.1) is 0 Å². The minimum atomic E-state index is -0.556. The molecule has 1 N–H and O–H groups in total. The molecule has 4 rings (SSSR count). The maximum atomic E-state index is 13.2. The van der Waals surface area contributed by atoms with E-state index >= 15 is 0 Å². The van der Waals surface area contributed by atoms with Crippen molar-refractivity contribution < 1.29 is 14.6 Å². The fourth-order valence-electron chi connectivity index (χ4n) is 11.0. The quantitative estimate of drug-likeness (QED) is 0.0754. The average molecular weight is 665 g/mol. The van der Waals surface area contributed by atoms with E-state index in [4.69, 9.17) is 4.74 Å². The second kappa shape index (κ2) is 19.3. The number of hydrogen-bond donors (Lipinski definition) is 1. The molecule has 0 spiro atoms. The monoisotopic (exact) mass is 665 g/mol. The summed E-state index contributed by atoms with van der Waals surface area (Å²) in [6.45, 7) is 14.5. The van der Waals surface area contributed by atoms with Crippen molar-refractivity contribution in [2.24, 2.45) is 46.3 Å². The Morgan fingerprint density at radius 3 is 2.23 bits per heavy atom. The number of ether oxygens (including phenoxy) is 1. The van der Waals surface area contributed by atoms with Crippen molar-refractivity contribution in [2.45, 2.75) is 195 Å². The number of fused-ring (bicyclic) bond motifs is 5.